The third-order valence-corrected chi connectivity index (χ3v) is 2.90. The van der Waals surface area contributed by atoms with E-state index in [0.29, 0.717) is 12.0 Å². The first-order chi connectivity index (χ1) is 10.0. The fourth-order valence-electron chi connectivity index (χ4n) is 1.92. The Labute approximate surface area is 123 Å². The van der Waals surface area contributed by atoms with E-state index in [-0.39, 0.29) is 6.42 Å². The molecule has 0 saturated heterocycles. The molecule has 0 saturated carbocycles. The van der Waals surface area contributed by atoms with Gasteiger partial charge in [0.25, 0.3) is 0 Å². The number of ether oxygens (including phenoxy) is 4. The Morgan fingerprint density at radius 3 is 2.33 bits per heavy atom. The maximum Gasteiger partial charge on any atom is 0.513 e. The number of rotatable bonds is 4. The molecule has 1 aliphatic rings. The van der Waals surface area contributed by atoms with Crippen LogP contribution in [0.4, 0.5) is 9.59 Å². The summed E-state index contributed by atoms with van der Waals surface area (Å²) >= 11 is 0. The van der Waals surface area contributed by atoms with E-state index >= 15 is 0 Å². The van der Waals surface area contributed by atoms with E-state index in [2.05, 4.69) is 28.6 Å². The largest absolute Gasteiger partial charge is 0.513 e. The lowest BCUT2D eigenvalue weighted by molar-refractivity contribution is 0.00541. The lowest BCUT2D eigenvalue weighted by Gasteiger charge is -2.29. The van der Waals surface area contributed by atoms with Crippen LogP contribution < -0.4 is 0 Å². The molecule has 0 bridgehead atoms. The zero-order valence-corrected chi connectivity index (χ0v) is 11.7. The number of hydrogen-bond donors (Lipinski definition) is 0. The van der Waals surface area contributed by atoms with E-state index < -0.39 is 24.5 Å². The van der Waals surface area contributed by atoms with Gasteiger partial charge in [0, 0.05) is 18.4 Å². The summed E-state index contributed by atoms with van der Waals surface area (Å²) in [5.41, 5.74) is 1.32. The molecule has 0 aromatic carbocycles. The summed E-state index contributed by atoms with van der Waals surface area (Å²) in [6.07, 6.45) is 4.95. The minimum Gasteiger partial charge on any atom is -0.430 e. The van der Waals surface area contributed by atoms with Crippen molar-refractivity contribution in [3.05, 3.63) is 36.8 Å². The molecule has 0 amide bonds. The highest BCUT2D eigenvalue weighted by Gasteiger charge is 2.32. The summed E-state index contributed by atoms with van der Waals surface area (Å²) < 4.78 is 19.2. The Morgan fingerprint density at radius 2 is 1.81 bits per heavy atom. The molecule has 112 valence electrons. The molecule has 21 heavy (non-hydrogen) atoms. The Balaban J connectivity index is 2.80. The van der Waals surface area contributed by atoms with Gasteiger partial charge in [0.1, 0.15) is 12.2 Å². The summed E-state index contributed by atoms with van der Waals surface area (Å²) in [4.78, 5) is 22.6. The van der Waals surface area contributed by atoms with E-state index in [4.69, 9.17) is 15.9 Å². The summed E-state index contributed by atoms with van der Waals surface area (Å²) in [7, 11) is 0. The highest BCUT2D eigenvalue weighted by Crippen LogP contribution is 2.29. The molecule has 0 aliphatic heterocycles. The molecule has 0 N–H and O–H groups in total. The lowest BCUT2D eigenvalue weighted by Crippen LogP contribution is -2.32. The molecule has 0 radical (unpaired) electrons. The predicted octanol–water partition coefficient (Wildman–Crippen LogP) is 3.06. The van der Waals surface area contributed by atoms with Gasteiger partial charge in [0.2, 0.25) is 0 Å². The van der Waals surface area contributed by atoms with Gasteiger partial charge in [-0.2, -0.15) is 0 Å². The SMILES string of the molecule is C#CC1=C(C)[C@@H](OC(=O)OC=C)C[C@@H](OC(=O)OC=C)C1. The van der Waals surface area contributed by atoms with Crippen LogP contribution in [-0.4, -0.2) is 24.5 Å². The van der Waals surface area contributed by atoms with Crippen molar-refractivity contribution >= 4 is 12.3 Å². The van der Waals surface area contributed by atoms with Gasteiger partial charge in [-0.1, -0.05) is 19.1 Å². The van der Waals surface area contributed by atoms with Crippen molar-refractivity contribution in [3.8, 4) is 12.3 Å². The fourth-order valence-corrected chi connectivity index (χ4v) is 1.92. The van der Waals surface area contributed by atoms with Crippen molar-refractivity contribution in [2.75, 3.05) is 0 Å². The maximum absolute atomic E-state index is 11.3. The molecule has 6 nitrogen and oxygen atoms in total. The average molecular weight is 292 g/mol. The molecule has 0 heterocycles. The molecular weight excluding hydrogens is 276 g/mol. The first-order valence-electron chi connectivity index (χ1n) is 6.14. The number of carbonyl (C=O) groups is 2. The second-order valence-corrected chi connectivity index (χ2v) is 4.16. The van der Waals surface area contributed by atoms with E-state index in [0.717, 1.165) is 18.1 Å². The van der Waals surface area contributed by atoms with Gasteiger partial charge in [0.15, 0.2) is 0 Å². The normalized spacial score (nSPS) is 20.8. The summed E-state index contributed by atoms with van der Waals surface area (Å²) in [5, 5.41) is 0. The van der Waals surface area contributed by atoms with Gasteiger partial charge in [-0.25, -0.2) is 9.59 Å². The molecule has 0 aromatic rings. The highest BCUT2D eigenvalue weighted by atomic mass is 16.7. The monoisotopic (exact) mass is 292 g/mol. The first kappa shape index (κ1) is 16.4. The van der Waals surface area contributed by atoms with Gasteiger partial charge in [-0.3, -0.25) is 0 Å². The van der Waals surface area contributed by atoms with Gasteiger partial charge < -0.3 is 18.9 Å². The third kappa shape index (κ3) is 4.73. The standard InChI is InChI=1S/C15H16O6/c1-5-11-8-12(20-14(16)18-6-2)9-13(10(11)4)21-15(17)19-7-3/h1,6-7,12-13H,2-3,8-9H2,4H3/t12-,13-/m0/s1. The molecule has 0 spiro atoms. The number of terminal acetylenes is 1. The topological polar surface area (TPSA) is 71.1 Å². The average Bonchev–Trinajstić information content (AvgIpc) is 2.42. The summed E-state index contributed by atoms with van der Waals surface area (Å²) in [6.45, 7) is 8.26. The molecule has 1 aliphatic carbocycles. The van der Waals surface area contributed by atoms with E-state index in [9.17, 15) is 9.59 Å². The van der Waals surface area contributed by atoms with Gasteiger partial charge >= 0.3 is 12.3 Å². The van der Waals surface area contributed by atoms with Crippen LogP contribution in [0.3, 0.4) is 0 Å². The quantitative estimate of drug-likeness (QED) is 0.450. The Morgan fingerprint density at radius 1 is 1.24 bits per heavy atom. The van der Waals surface area contributed by atoms with Gasteiger partial charge in [-0.05, 0) is 12.5 Å². The zero-order chi connectivity index (χ0) is 15.8. The van der Waals surface area contributed by atoms with Crippen LogP contribution in [0.1, 0.15) is 19.8 Å². The number of hydrogen-bond acceptors (Lipinski definition) is 6. The molecule has 1 rings (SSSR count). The van der Waals surface area contributed by atoms with Crippen LogP contribution in [-0.2, 0) is 18.9 Å². The van der Waals surface area contributed by atoms with Crippen LogP contribution in [0, 0.1) is 12.3 Å². The second kappa shape index (κ2) is 7.80. The van der Waals surface area contributed by atoms with Crippen molar-refractivity contribution in [2.45, 2.75) is 32.0 Å². The van der Waals surface area contributed by atoms with Crippen molar-refractivity contribution in [1.82, 2.24) is 0 Å². The predicted molar refractivity (Wildman–Crippen MR) is 73.9 cm³/mol. The van der Waals surface area contributed by atoms with Gasteiger partial charge in [-0.15, -0.1) is 6.42 Å². The summed E-state index contributed by atoms with van der Waals surface area (Å²) in [5.74, 6) is 2.50. The fraction of sp³-hybridized carbons (Fsp3) is 0.333. The zero-order valence-electron chi connectivity index (χ0n) is 11.7. The third-order valence-electron chi connectivity index (χ3n) is 2.90. The molecule has 2 atom stereocenters. The highest BCUT2D eigenvalue weighted by molar-refractivity contribution is 5.62. The van der Waals surface area contributed by atoms with E-state index in [1.54, 1.807) is 6.92 Å². The smallest absolute Gasteiger partial charge is 0.430 e. The van der Waals surface area contributed by atoms with Crippen molar-refractivity contribution in [1.29, 1.82) is 0 Å². The van der Waals surface area contributed by atoms with Gasteiger partial charge in [0.05, 0.1) is 12.5 Å². The minimum absolute atomic E-state index is 0.259. The van der Waals surface area contributed by atoms with Crippen LogP contribution >= 0.6 is 0 Å². The molecule has 0 aromatic heterocycles. The lowest BCUT2D eigenvalue weighted by atomic mass is 9.88. The second-order valence-electron chi connectivity index (χ2n) is 4.16. The Hall–Kier alpha value is -2.68. The Bertz CT molecular complexity index is 511. The van der Waals surface area contributed by atoms with Crippen LogP contribution in [0.15, 0.2) is 36.8 Å². The van der Waals surface area contributed by atoms with Crippen LogP contribution in [0.2, 0.25) is 0 Å². The van der Waals surface area contributed by atoms with E-state index in [1.165, 1.54) is 0 Å². The molecule has 0 fully saturated rings. The molecule has 6 heteroatoms. The first-order valence-corrected chi connectivity index (χ1v) is 6.14. The van der Waals surface area contributed by atoms with Crippen molar-refractivity contribution in [2.24, 2.45) is 0 Å². The van der Waals surface area contributed by atoms with Crippen molar-refractivity contribution < 1.29 is 28.5 Å². The maximum atomic E-state index is 11.3. The molecular formula is C15H16O6. The van der Waals surface area contributed by atoms with E-state index in [1.807, 2.05) is 0 Å². The van der Waals surface area contributed by atoms with Crippen LogP contribution in [0.25, 0.3) is 0 Å². The van der Waals surface area contributed by atoms with Crippen molar-refractivity contribution in [3.63, 3.8) is 0 Å². The number of carbonyl (C=O) groups excluding carboxylic acids is 2. The minimum atomic E-state index is -0.903. The summed E-state index contributed by atoms with van der Waals surface area (Å²) in [6, 6.07) is 0. The Kier molecular flexibility index (Phi) is 6.08. The van der Waals surface area contributed by atoms with Crippen LogP contribution in [0.5, 0.6) is 0 Å². The molecule has 0 unspecified atom stereocenters.